The number of rotatable bonds is 7. The minimum atomic E-state index is 0. The van der Waals surface area contributed by atoms with Gasteiger partial charge in [0.2, 0.25) is 0 Å². The van der Waals surface area contributed by atoms with Crippen molar-refractivity contribution in [1.82, 2.24) is 20.4 Å². The highest BCUT2D eigenvalue weighted by atomic mass is 127. The van der Waals surface area contributed by atoms with E-state index in [1.54, 1.807) is 0 Å². The molecule has 0 saturated carbocycles. The molecule has 2 N–H and O–H groups in total. The molecular weight excluding hydrogens is 405 g/mol. The van der Waals surface area contributed by atoms with Gasteiger partial charge in [-0.3, -0.25) is 9.89 Å². The van der Waals surface area contributed by atoms with Gasteiger partial charge in [0.15, 0.2) is 5.96 Å². The number of hydrogen-bond acceptors (Lipinski definition) is 4. The summed E-state index contributed by atoms with van der Waals surface area (Å²) in [7, 11) is 3.95. The summed E-state index contributed by atoms with van der Waals surface area (Å²) in [6.45, 7) is 14.5. The Hall–Kier alpha value is -0.120. The molecule has 0 amide bonds. The van der Waals surface area contributed by atoms with Gasteiger partial charge in [-0.1, -0.05) is 0 Å². The van der Waals surface area contributed by atoms with Gasteiger partial charge in [0.1, 0.15) is 0 Å². The molecule has 23 heavy (non-hydrogen) atoms. The molecule has 1 unspecified atom stereocenters. The first kappa shape index (κ1) is 22.9. The van der Waals surface area contributed by atoms with Crippen molar-refractivity contribution in [3.05, 3.63) is 0 Å². The summed E-state index contributed by atoms with van der Waals surface area (Å²) in [5.74, 6) is 0.851. The van der Waals surface area contributed by atoms with Gasteiger partial charge in [-0.15, -0.1) is 24.0 Å². The minimum absolute atomic E-state index is 0. The number of halogens is 1. The molecule has 1 saturated heterocycles. The van der Waals surface area contributed by atoms with E-state index in [4.69, 9.17) is 4.74 Å². The molecule has 0 spiro atoms. The molecule has 0 aromatic rings. The summed E-state index contributed by atoms with van der Waals surface area (Å²) >= 11 is 0. The molecule has 7 heteroatoms. The van der Waals surface area contributed by atoms with Crippen LogP contribution >= 0.6 is 24.0 Å². The maximum Gasteiger partial charge on any atom is 0.191 e. The van der Waals surface area contributed by atoms with Gasteiger partial charge in [-0.2, -0.15) is 0 Å². The van der Waals surface area contributed by atoms with E-state index in [1.165, 1.54) is 0 Å². The lowest BCUT2D eigenvalue weighted by Crippen LogP contribution is -2.49. The summed E-state index contributed by atoms with van der Waals surface area (Å²) < 4.78 is 5.75. The van der Waals surface area contributed by atoms with Gasteiger partial charge in [0, 0.05) is 51.9 Å². The zero-order chi connectivity index (χ0) is 16.5. The molecule has 1 heterocycles. The van der Waals surface area contributed by atoms with Crippen molar-refractivity contribution < 1.29 is 4.74 Å². The highest BCUT2D eigenvalue weighted by Crippen LogP contribution is 2.03. The normalized spacial score (nSPS) is 20.0. The number of hydrogen-bond donors (Lipinski definition) is 2. The van der Waals surface area contributed by atoms with Crippen LogP contribution in [0.3, 0.4) is 0 Å². The fourth-order valence-electron chi connectivity index (χ4n) is 2.84. The molecule has 0 bridgehead atoms. The SMILES string of the molecule is CN=C(NCCN(C(C)C)C(C)C)NCC1CN(C)CCO1.I. The number of morpholine rings is 1. The Morgan fingerprint density at radius 2 is 1.91 bits per heavy atom. The third kappa shape index (κ3) is 9.07. The Morgan fingerprint density at radius 3 is 2.43 bits per heavy atom. The number of ether oxygens (including phenoxy) is 1. The smallest absolute Gasteiger partial charge is 0.191 e. The number of nitrogens with one attached hydrogen (secondary N) is 2. The summed E-state index contributed by atoms with van der Waals surface area (Å²) in [6, 6.07) is 1.12. The van der Waals surface area contributed by atoms with Crippen molar-refractivity contribution in [2.24, 2.45) is 4.99 Å². The highest BCUT2D eigenvalue weighted by Gasteiger charge is 2.18. The maximum absolute atomic E-state index is 5.75. The van der Waals surface area contributed by atoms with E-state index in [0.717, 1.165) is 45.3 Å². The Bertz CT molecular complexity index is 330. The Morgan fingerprint density at radius 1 is 1.26 bits per heavy atom. The standard InChI is InChI=1S/C16H35N5O.HI/c1-13(2)21(14(3)4)8-7-18-16(17-5)19-11-15-12-20(6)9-10-22-15;/h13-15H,7-12H2,1-6H3,(H2,17,18,19);1H. The van der Waals surface area contributed by atoms with Gasteiger partial charge >= 0.3 is 0 Å². The zero-order valence-electron chi connectivity index (χ0n) is 15.6. The molecule has 1 fully saturated rings. The Labute approximate surface area is 159 Å². The quantitative estimate of drug-likeness (QED) is 0.354. The van der Waals surface area contributed by atoms with E-state index in [2.05, 4.69) is 60.2 Å². The second-order valence-electron chi connectivity index (χ2n) is 6.56. The third-order valence-electron chi connectivity index (χ3n) is 4.05. The van der Waals surface area contributed by atoms with Crippen molar-refractivity contribution in [1.29, 1.82) is 0 Å². The lowest BCUT2D eigenvalue weighted by atomic mass is 10.2. The zero-order valence-corrected chi connectivity index (χ0v) is 18.0. The van der Waals surface area contributed by atoms with Gasteiger partial charge < -0.3 is 20.3 Å². The minimum Gasteiger partial charge on any atom is -0.374 e. The fraction of sp³-hybridized carbons (Fsp3) is 0.938. The van der Waals surface area contributed by atoms with Crippen molar-refractivity contribution in [3.63, 3.8) is 0 Å². The van der Waals surface area contributed by atoms with Crippen LogP contribution in [0.2, 0.25) is 0 Å². The van der Waals surface area contributed by atoms with E-state index in [1.807, 2.05) is 7.05 Å². The van der Waals surface area contributed by atoms with Crippen LogP contribution in [0.15, 0.2) is 4.99 Å². The lowest BCUT2D eigenvalue weighted by Gasteiger charge is -2.31. The molecule has 0 aromatic carbocycles. The molecule has 0 aliphatic carbocycles. The van der Waals surface area contributed by atoms with Crippen molar-refractivity contribution in [2.75, 3.05) is 53.4 Å². The third-order valence-corrected chi connectivity index (χ3v) is 4.05. The molecular formula is C16H36IN5O. The Kier molecular flexibility index (Phi) is 12.2. The predicted molar refractivity (Wildman–Crippen MR) is 109 cm³/mol. The van der Waals surface area contributed by atoms with Gasteiger partial charge in [0.05, 0.1) is 12.7 Å². The molecule has 0 aromatic heterocycles. The highest BCUT2D eigenvalue weighted by molar-refractivity contribution is 14.0. The topological polar surface area (TPSA) is 52.1 Å². The van der Waals surface area contributed by atoms with Crippen molar-refractivity contribution >= 4 is 29.9 Å². The van der Waals surface area contributed by atoms with Crippen LogP contribution in [0.4, 0.5) is 0 Å². The predicted octanol–water partition coefficient (Wildman–Crippen LogP) is 1.22. The van der Waals surface area contributed by atoms with Crippen LogP contribution in [0, 0.1) is 0 Å². The number of guanidine groups is 1. The van der Waals surface area contributed by atoms with Crippen LogP contribution in [0.1, 0.15) is 27.7 Å². The first-order chi connectivity index (χ1) is 10.4. The average Bonchev–Trinajstić information content (AvgIpc) is 2.45. The summed E-state index contributed by atoms with van der Waals surface area (Å²) in [4.78, 5) is 9.06. The number of likely N-dealkylation sites (N-methyl/N-ethyl adjacent to an activating group) is 1. The first-order valence-electron chi connectivity index (χ1n) is 8.44. The summed E-state index contributed by atoms with van der Waals surface area (Å²) in [5.41, 5.74) is 0. The van der Waals surface area contributed by atoms with Crippen LogP contribution in [0.5, 0.6) is 0 Å². The molecule has 1 rings (SSSR count). The van der Waals surface area contributed by atoms with Gasteiger partial charge in [-0.25, -0.2) is 0 Å². The fourth-order valence-corrected chi connectivity index (χ4v) is 2.84. The van der Waals surface area contributed by atoms with E-state index in [9.17, 15) is 0 Å². The van der Waals surface area contributed by atoms with E-state index in [-0.39, 0.29) is 30.1 Å². The van der Waals surface area contributed by atoms with E-state index < -0.39 is 0 Å². The van der Waals surface area contributed by atoms with Gasteiger partial charge in [0.25, 0.3) is 0 Å². The van der Waals surface area contributed by atoms with Crippen molar-refractivity contribution in [3.8, 4) is 0 Å². The molecule has 138 valence electrons. The molecule has 1 aliphatic rings. The summed E-state index contributed by atoms with van der Waals surface area (Å²) in [6.07, 6.45) is 0.236. The Balaban J connectivity index is 0.00000484. The molecule has 0 radical (unpaired) electrons. The monoisotopic (exact) mass is 441 g/mol. The second kappa shape index (κ2) is 12.3. The molecule has 6 nitrogen and oxygen atoms in total. The van der Waals surface area contributed by atoms with E-state index >= 15 is 0 Å². The van der Waals surface area contributed by atoms with E-state index in [0.29, 0.717) is 12.1 Å². The molecule has 1 atom stereocenters. The van der Waals surface area contributed by atoms with Gasteiger partial charge in [-0.05, 0) is 34.7 Å². The maximum atomic E-state index is 5.75. The van der Waals surface area contributed by atoms with Crippen LogP contribution in [-0.2, 0) is 4.74 Å². The second-order valence-corrected chi connectivity index (χ2v) is 6.56. The van der Waals surface area contributed by atoms with Crippen molar-refractivity contribution in [2.45, 2.75) is 45.9 Å². The first-order valence-corrected chi connectivity index (χ1v) is 8.44. The lowest BCUT2D eigenvalue weighted by molar-refractivity contribution is -0.0161. The van der Waals surface area contributed by atoms with Crippen LogP contribution < -0.4 is 10.6 Å². The average molecular weight is 441 g/mol. The van der Waals surface area contributed by atoms with Crippen LogP contribution in [0.25, 0.3) is 0 Å². The largest absolute Gasteiger partial charge is 0.374 e. The van der Waals surface area contributed by atoms with Crippen LogP contribution in [-0.4, -0.2) is 87.4 Å². The summed E-state index contributed by atoms with van der Waals surface area (Å²) in [5, 5.41) is 6.75. The molecule has 1 aliphatic heterocycles. The number of aliphatic imine (C=N–C) groups is 1. The number of nitrogens with zero attached hydrogens (tertiary/aromatic N) is 3.